The molecule has 0 aliphatic carbocycles. The van der Waals surface area contributed by atoms with E-state index < -0.39 is 11.5 Å². The van der Waals surface area contributed by atoms with Crippen molar-refractivity contribution < 1.29 is 22.7 Å². The van der Waals surface area contributed by atoms with Crippen LogP contribution in [0.4, 0.5) is 13.2 Å². The molecule has 0 aliphatic heterocycles. The minimum atomic E-state index is -4.48. The summed E-state index contributed by atoms with van der Waals surface area (Å²) in [6.45, 7) is 1.82. The summed E-state index contributed by atoms with van der Waals surface area (Å²) in [5.41, 5.74) is -3.95. The Morgan fingerprint density at radius 2 is 2.10 bits per heavy atom. The second-order valence-corrected chi connectivity index (χ2v) is 5.27. The Balaban J connectivity index is 3.17. The lowest BCUT2D eigenvalue weighted by Gasteiger charge is -2.13. The average molecular weight is 338 g/mol. The second-order valence-electron chi connectivity index (χ2n) is 3.89. The van der Waals surface area contributed by atoms with Crippen LogP contribution in [0, 0.1) is 11.3 Å². The molecule has 0 saturated carbocycles. The number of thioether (sulfide) groups is 1. The zero-order valence-electron chi connectivity index (χ0n) is 11.0. The summed E-state index contributed by atoms with van der Waals surface area (Å²) in [7, 11) is 0. The van der Waals surface area contributed by atoms with E-state index >= 15 is 0 Å². The van der Waals surface area contributed by atoms with Crippen molar-refractivity contribution in [2.24, 2.45) is 0 Å². The molecule has 0 aromatic heterocycles. The maximum Gasteiger partial charge on any atom is 0.446 e. The summed E-state index contributed by atoms with van der Waals surface area (Å²) in [5.74, 6) is -0.703. The van der Waals surface area contributed by atoms with E-state index in [0.717, 1.165) is 6.07 Å². The lowest BCUT2D eigenvalue weighted by molar-refractivity contribution is -0.142. The third kappa shape index (κ3) is 5.48. The predicted octanol–water partition coefficient (Wildman–Crippen LogP) is 4.01. The molecule has 1 aromatic rings. The molecule has 0 fully saturated rings. The van der Waals surface area contributed by atoms with E-state index in [1.165, 1.54) is 6.07 Å². The van der Waals surface area contributed by atoms with Gasteiger partial charge in [0, 0.05) is 10.8 Å². The Hall–Kier alpha value is -1.39. The molecule has 0 N–H and O–H groups in total. The van der Waals surface area contributed by atoms with Gasteiger partial charge in [0.15, 0.2) is 0 Å². The smallest absolute Gasteiger partial charge is 0.446 e. The number of ether oxygens (including phenoxy) is 1. The first-order valence-corrected chi connectivity index (χ1v) is 7.19. The monoisotopic (exact) mass is 337 g/mol. The van der Waals surface area contributed by atoms with Gasteiger partial charge < -0.3 is 4.74 Å². The topological polar surface area (TPSA) is 50.1 Å². The van der Waals surface area contributed by atoms with Crippen LogP contribution in [0.1, 0.15) is 23.6 Å². The Morgan fingerprint density at radius 1 is 1.43 bits per heavy atom. The van der Waals surface area contributed by atoms with Crippen molar-refractivity contribution in [2.75, 3.05) is 6.61 Å². The van der Waals surface area contributed by atoms with Crippen LogP contribution in [0.5, 0.6) is 0 Å². The molecule has 0 atom stereocenters. The lowest BCUT2D eigenvalue weighted by Crippen LogP contribution is -2.10. The molecule has 0 spiro atoms. The van der Waals surface area contributed by atoms with E-state index in [2.05, 4.69) is 0 Å². The number of carbonyl (C=O) groups is 1. The van der Waals surface area contributed by atoms with E-state index in [9.17, 15) is 18.0 Å². The van der Waals surface area contributed by atoms with Gasteiger partial charge in [-0.3, -0.25) is 4.79 Å². The van der Waals surface area contributed by atoms with Crippen molar-refractivity contribution >= 4 is 29.3 Å². The lowest BCUT2D eigenvalue weighted by atomic mass is 10.0. The first kappa shape index (κ1) is 17.7. The number of rotatable bonds is 5. The SMILES string of the molecule is CCOC(=O)Cc1cc(CCl)c(SC(F)(F)F)cc1C#N. The highest BCUT2D eigenvalue weighted by molar-refractivity contribution is 8.00. The van der Waals surface area contributed by atoms with Gasteiger partial charge in [0.25, 0.3) is 0 Å². The van der Waals surface area contributed by atoms with Crippen LogP contribution in [0.2, 0.25) is 0 Å². The normalized spacial score (nSPS) is 11.0. The zero-order chi connectivity index (χ0) is 16.0. The molecule has 0 aliphatic rings. The molecule has 21 heavy (non-hydrogen) atoms. The summed E-state index contributed by atoms with van der Waals surface area (Å²) in [4.78, 5) is 11.3. The van der Waals surface area contributed by atoms with Crippen LogP contribution in [0.15, 0.2) is 17.0 Å². The average Bonchev–Trinajstić information content (AvgIpc) is 2.38. The number of hydrogen-bond acceptors (Lipinski definition) is 4. The standard InChI is InChI=1S/C13H11ClF3NO2S/c1-2-20-12(19)5-8-3-9(6-14)11(4-10(8)7-18)21-13(15,16)17/h3-4H,2,5-6H2,1H3. The van der Waals surface area contributed by atoms with Crippen LogP contribution in [0.3, 0.4) is 0 Å². The fourth-order valence-corrected chi connectivity index (χ4v) is 2.61. The quantitative estimate of drug-likeness (QED) is 0.462. The summed E-state index contributed by atoms with van der Waals surface area (Å²) in [6.07, 6.45) is -0.183. The molecule has 114 valence electrons. The van der Waals surface area contributed by atoms with E-state index in [4.69, 9.17) is 21.6 Å². The highest BCUT2D eigenvalue weighted by atomic mass is 35.5. The molecular formula is C13H11ClF3NO2S. The molecule has 0 heterocycles. The number of alkyl halides is 4. The molecule has 0 radical (unpaired) electrons. The van der Waals surface area contributed by atoms with Gasteiger partial charge >= 0.3 is 11.5 Å². The van der Waals surface area contributed by atoms with Gasteiger partial charge in [-0.25, -0.2) is 0 Å². The molecule has 1 rings (SSSR count). The Bertz CT molecular complexity index is 570. The number of hydrogen-bond donors (Lipinski definition) is 0. The molecule has 3 nitrogen and oxygen atoms in total. The van der Waals surface area contributed by atoms with E-state index in [1.54, 1.807) is 13.0 Å². The fourth-order valence-electron chi connectivity index (χ4n) is 1.62. The minimum absolute atomic E-state index is 0.00340. The van der Waals surface area contributed by atoms with E-state index in [1.807, 2.05) is 0 Å². The number of nitrogens with zero attached hydrogens (tertiary/aromatic N) is 1. The van der Waals surface area contributed by atoms with Gasteiger partial charge in [-0.2, -0.15) is 18.4 Å². The number of esters is 1. The van der Waals surface area contributed by atoms with Crippen molar-refractivity contribution in [2.45, 2.75) is 29.6 Å². The summed E-state index contributed by atoms with van der Waals surface area (Å²) in [5, 5.41) is 9.02. The van der Waals surface area contributed by atoms with Crippen LogP contribution in [0.25, 0.3) is 0 Å². The predicted molar refractivity (Wildman–Crippen MR) is 73.0 cm³/mol. The third-order valence-corrected chi connectivity index (χ3v) is 3.54. The van der Waals surface area contributed by atoms with Crippen LogP contribution < -0.4 is 0 Å². The van der Waals surface area contributed by atoms with Crippen molar-refractivity contribution in [3.63, 3.8) is 0 Å². The Kier molecular flexibility index (Phi) is 6.37. The number of benzene rings is 1. The maximum atomic E-state index is 12.5. The minimum Gasteiger partial charge on any atom is -0.466 e. The largest absolute Gasteiger partial charge is 0.466 e. The third-order valence-electron chi connectivity index (χ3n) is 2.42. The Morgan fingerprint density at radius 3 is 2.57 bits per heavy atom. The van der Waals surface area contributed by atoms with Crippen molar-refractivity contribution in [1.82, 2.24) is 0 Å². The summed E-state index contributed by atoms with van der Waals surface area (Å²) in [6, 6.07) is 4.23. The van der Waals surface area contributed by atoms with Crippen LogP contribution >= 0.6 is 23.4 Å². The van der Waals surface area contributed by atoms with Gasteiger partial charge in [-0.1, -0.05) is 6.07 Å². The summed E-state index contributed by atoms with van der Waals surface area (Å²) < 4.78 is 42.2. The highest BCUT2D eigenvalue weighted by Gasteiger charge is 2.31. The summed E-state index contributed by atoms with van der Waals surface area (Å²) >= 11 is 5.31. The first-order chi connectivity index (χ1) is 9.80. The fraction of sp³-hybridized carbons (Fsp3) is 0.385. The van der Waals surface area contributed by atoms with Crippen molar-refractivity contribution in [1.29, 1.82) is 5.26 Å². The Labute approximate surface area is 129 Å². The maximum absolute atomic E-state index is 12.5. The van der Waals surface area contributed by atoms with Crippen molar-refractivity contribution in [3.8, 4) is 6.07 Å². The highest BCUT2D eigenvalue weighted by Crippen LogP contribution is 2.40. The molecule has 1 aromatic carbocycles. The van der Waals surface area contributed by atoms with Gasteiger partial charge in [0.05, 0.1) is 24.7 Å². The number of carbonyl (C=O) groups excluding carboxylic acids is 1. The number of halogens is 4. The van der Waals surface area contributed by atoms with Crippen LogP contribution in [-0.2, 0) is 21.8 Å². The molecule has 0 unspecified atom stereocenters. The molecule has 0 bridgehead atoms. The van der Waals surface area contributed by atoms with Gasteiger partial charge in [-0.05, 0) is 35.9 Å². The molecule has 0 amide bonds. The van der Waals surface area contributed by atoms with Gasteiger partial charge in [0.1, 0.15) is 0 Å². The molecular weight excluding hydrogens is 327 g/mol. The van der Waals surface area contributed by atoms with Crippen molar-refractivity contribution in [3.05, 3.63) is 28.8 Å². The molecule has 8 heteroatoms. The second kappa shape index (κ2) is 7.57. The zero-order valence-corrected chi connectivity index (χ0v) is 12.5. The first-order valence-electron chi connectivity index (χ1n) is 5.84. The number of nitriles is 1. The van der Waals surface area contributed by atoms with Crippen LogP contribution in [-0.4, -0.2) is 18.1 Å². The van der Waals surface area contributed by atoms with Gasteiger partial charge in [-0.15, -0.1) is 11.6 Å². The van der Waals surface area contributed by atoms with E-state index in [0.29, 0.717) is 5.56 Å². The van der Waals surface area contributed by atoms with Gasteiger partial charge in [0.2, 0.25) is 0 Å². The molecule has 0 saturated heterocycles. The van der Waals surface area contributed by atoms with E-state index in [-0.39, 0.29) is 46.7 Å².